The zero-order valence-electron chi connectivity index (χ0n) is 35.9. The van der Waals surface area contributed by atoms with Gasteiger partial charge in [0, 0.05) is 72.4 Å². The Morgan fingerprint density at radius 1 is 0.615 bits per heavy atom. The smallest absolute Gasteiger partial charge is 0.236 e. The highest BCUT2D eigenvalue weighted by atomic mass is 19.1. The summed E-state index contributed by atoms with van der Waals surface area (Å²) in [4.78, 5) is 40.1. The monoisotopic (exact) mass is 858 g/mol. The summed E-state index contributed by atoms with van der Waals surface area (Å²) in [7, 11) is 0. The van der Waals surface area contributed by atoms with Crippen molar-refractivity contribution in [1.82, 2.24) is 44.5 Å². The molecule has 0 spiro atoms. The molecule has 11 rings (SSSR count). The third-order valence-corrected chi connectivity index (χ3v) is 12.5. The summed E-state index contributed by atoms with van der Waals surface area (Å²) in [6.45, 7) is 5.85. The van der Waals surface area contributed by atoms with Gasteiger partial charge in [0.1, 0.15) is 17.6 Å². The molecule has 2 aliphatic heterocycles. The Bertz CT molecular complexity index is 2900. The van der Waals surface area contributed by atoms with Crippen LogP contribution in [0.15, 0.2) is 177 Å². The second kappa shape index (κ2) is 18.6. The van der Waals surface area contributed by atoms with E-state index in [-0.39, 0.29) is 5.91 Å². The second-order valence-corrected chi connectivity index (χ2v) is 16.4. The molecule has 0 aliphatic carbocycles. The van der Waals surface area contributed by atoms with Crippen LogP contribution in [0.4, 0.5) is 10.1 Å². The summed E-state index contributed by atoms with van der Waals surface area (Å²) in [5.74, 6) is 0.327. The third-order valence-electron chi connectivity index (χ3n) is 12.5. The molecule has 0 radical (unpaired) electrons. The van der Waals surface area contributed by atoms with Gasteiger partial charge in [0.05, 0.1) is 30.0 Å². The number of fused-ring (bicyclic) bond motifs is 2. The van der Waals surface area contributed by atoms with Crippen molar-refractivity contribution in [1.29, 1.82) is 0 Å². The maximum Gasteiger partial charge on any atom is 0.236 e. The van der Waals surface area contributed by atoms with Crippen LogP contribution in [0.3, 0.4) is 0 Å². The molecule has 65 heavy (non-hydrogen) atoms. The maximum atomic E-state index is 12.9. The SMILES string of the molecule is O=C(CN1CCCC1)N1CCN(c2ccc(-c3ncc(F)cn3)cc2)CC1.c1ccc(C(c2ccccc2)(c2ccccc2)n2nc(-c3ccncc3)c3cc4ncncc4cc32)cc1. The Morgan fingerprint density at radius 3 is 1.82 bits per heavy atom. The molecule has 2 fully saturated rings. The Labute approximate surface area is 376 Å². The first-order chi connectivity index (χ1) is 32.0. The molecular formula is C53H47FN10O. The minimum Gasteiger partial charge on any atom is -0.368 e. The fraction of sp³-hybridized carbons (Fsp3) is 0.189. The number of nitrogens with zero attached hydrogens (tertiary/aromatic N) is 10. The van der Waals surface area contributed by atoms with Gasteiger partial charge in [-0.05, 0) is 91.2 Å². The van der Waals surface area contributed by atoms with Crippen molar-refractivity contribution in [2.45, 2.75) is 18.4 Å². The minimum atomic E-state index is -0.739. The molecule has 11 nitrogen and oxygen atoms in total. The summed E-state index contributed by atoms with van der Waals surface area (Å²) in [5.41, 5.74) is 8.35. The number of anilines is 1. The molecule has 1 amide bonds. The van der Waals surface area contributed by atoms with Gasteiger partial charge >= 0.3 is 0 Å². The Balaban J connectivity index is 0.000000163. The number of hydrogen-bond acceptors (Lipinski definition) is 9. The summed E-state index contributed by atoms with van der Waals surface area (Å²) in [6.07, 6.45) is 11.8. The van der Waals surface area contributed by atoms with E-state index in [0.29, 0.717) is 12.4 Å². The third kappa shape index (κ3) is 8.43. The van der Waals surface area contributed by atoms with E-state index in [1.807, 2.05) is 59.9 Å². The molecular weight excluding hydrogens is 812 g/mol. The van der Waals surface area contributed by atoms with Crippen molar-refractivity contribution in [2.75, 3.05) is 50.7 Å². The number of aromatic nitrogens is 7. The van der Waals surface area contributed by atoms with Gasteiger partial charge in [-0.25, -0.2) is 29.0 Å². The summed E-state index contributed by atoms with van der Waals surface area (Å²) in [5, 5.41) is 7.41. The number of pyridine rings is 1. The Kier molecular flexibility index (Phi) is 11.8. The predicted molar refractivity (Wildman–Crippen MR) is 253 cm³/mol. The van der Waals surface area contributed by atoms with Gasteiger partial charge in [0.25, 0.3) is 0 Å². The fourth-order valence-electron chi connectivity index (χ4n) is 9.20. The highest BCUT2D eigenvalue weighted by Gasteiger charge is 2.41. The van der Waals surface area contributed by atoms with Crippen molar-refractivity contribution in [3.8, 4) is 22.6 Å². The van der Waals surface area contributed by atoms with Crippen molar-refractivity contribution in [2.24, 2.45) is 0 Å². The lowest BCUT2D eigenvalue weighted by molar-refractivity contribution is -0.132. The van der Waals surface area contributed by atoms with E-state index in [2.05, 4.69) is 143 Å². The van der Waals surface area contributed by atoms with Crippen LogP contribution < -0.4 is 4.90 Å². The number of hydrogen-bond donors (Lipinski definition) is 0. The van der Waals surface area contributed by atoms with Gasteiger partial charge in [-0.2, -0.15) is 5.10 Å². The average molecular weight is 859 g/mol. The second-order valence-electron chi connectivity index (χ2n) is 16.4. The topological polar surface area (TPSA) is 109 Å². The molecule has 12 heteroatoms. The first kappa shape index (κ1) is 41.3. The summed E-state index contributed by atoms with van der Waals surface area (Å²) >= 11 is 0. The van der Waals surface area contributed by atoms with Gasteiger partial charge in [-0.15, -0.1) is 0 Å². The molecule has 4 aromatic heterocycles. The number of likely N-dealkylation sites (tertiary alicyclic amines) is 1. The van der Waals surface area contributed by atoms with Crippen LogP contribution in [-0.4, -0.2) is 96.2 Å². The van der Waals surface area contributed by atoms with E-state index >= 15 is 0 Å². The summed E-state index contributed by atoms with van der Waals surface area (Å²) < 4.78 is 15.1. The molecule has 9 aromatic rings. The van der Waals surface area contributed by atoms with E-state index in [1.54, 1.807) is 6.33 Å². The van der Waals surface area contributed by atoms with Crippen LogP contribution in [0, 0.1) is 5.82 Å². The first-order valence-corrected chi connectivity index (χ1v) is 22.1. The highest BCUT2D eigenvalue weighted by Crippen LogP contribution is 2.44. The number of piperazine rings is 1. The quantitative estimate of drug-likeness (QED) is 0.132. The van der Waals surface area contributed by atoms with Gasteiger partial charge in [-0.3, -0.25) is 14.7 Å². The molecule has 0 saturated carbocycles. The van der Waals surface area contributed by atoms with E-state index < -0.39 is 11.4 Å². The number of halogens is 1. The largest absolute Gasteiger partial charge is 0.368 e. The van der Waals surface area contributed by atoms with E-state index in [1.165, 1.54) is 25.2 Å². The predicted octanol–water partition coefficient (Wildman–Crippen LogP) is 8.91. The van der Waals surface area contributed by atoms with E-state index in [0.717, 1.165) is 100 Å². The maximum absolute atomic E-state index is 12.9. The van der Waals surface area contributed by atoms with Crippen LogP contribution in [0.25, 0.3) is 44.5 Å². The van der Waals surface area contributed by atoms with Crippen LogP contribution in [0.2, 0.25) is 0 Å². The molecule has 0 unspecified atom stereocenters. The lowest BCUT2D eigenvalue weighted by Crippen LogP contribution is -2.51. The van der Waals surface area contributed by atoms with Gasteiger partial charge < -0.3 is 9.80 Å². The zero-order valence-corrected chi connectivity index (χ0v) is 35.9. The van der Waals surface area contributed by atoms with Gasteiger partial charge in [0.2, 0.25) is 5.91 Å². The van der Waals surface area contributed by atoms with Crippen LogP contribution >= 0.6 is 0 Å². The number of rotatable bonds is 9. The molecule has 322 valence electrons. The van der Waals surface area contributed by atoms with Crippen molar-refractivity contribution >= 4 is 33.4 Å². The Morgan fingerprint density at radius 2 is 1.22 bits per heavy atom. The highest BCUT2D eigenvalue weighted by molar-refractivity contribution is 6.02. The molecule has 0 N–H and O–H groups in total. The summed E-state index contributed by atoms with van der Waals surface area (Å²) in [6, 6.07) is 48.1. The normalized spacial score (nSPS) is 14.4. The van der Waals surface area contributed by atoms with Crippen molar-refractivity contribution in [3.05, 3.63) is 199 Å². The fourth-order valence-corrected chi connectivity index (χ4v) is 9.20. The molecule has 5 aromatic carbocycles. The lowest BCUT2D eigenvalue weighted by atomic mass is 9.77. The molecule has 2 aliphatic rings. The number of carbonyl (C=O) groups is 1. The molecule has 6 heterocycles. The van der Waals surface area contributed by atoms with Gasteiger partial charge in [-0.1, -0.05) is 91.0 Å². The standard InChI is InChI=1S/C33H23N5.C20H24FN5O/c1-4-10-26(11-5-1)33(27-12-6-2-7-13-27,28-14-8-3-9-15-28)38-31-20-25-22-35-23-36-30(25)21-29(31)32(37-38)24-16-18-34-19-17-24;21-17-13-22-20(23-14-17)16-3-5-18(6-4-16)25-9-11-26(12-10-25)19(27)15-24-7-1-2-8-24/h1-23H;3-6,13-14H,1-2,7-12,15H2. The van der Waals surface area contributed by atoms with Crippen LogP contribution in [0.1, 0.15) is 29.5 Å². The Hall–Kier alpha value is -7.70. The van der Waals surface area contributed by atoms with Crippen molar-refractivity contribution in [3.63, 3.8) is 0 Å². The van der Waals surface area contributed by atoms with E-state index in [9.17, 15) is 9.18 Å². The van der Waals surface area contributed by atoms with E-state index in [4.69, 9.17) is 5.10 Å². The number of carbonyl (C=O) groups excluding carboxylic acids is 1. The van der Waals surface area contributed by atoms with Crippen molar-refractivity contribution < 1.29 is 9.18 Å². The lowest BCUT2D eigenvalue weighted by Gasteiger charge is -2.37. The average Bonchev–Trinajstić information content (AvgIpc) is 4.03. The van der Waals surface area contributed by atoms with Crippen LogP contribution in [0.5, 0.6) is 0 Å². The van der Waals surface area contributed by atoms with Crippen LogP contribution in [-0.2, 0) is 10.3 Å². The minimum absolute atomic E-state index is 0.250. The van der Waals surface area contributed by atoms with Gasteiger partial charge in [0.15, 0.2) is 11.6 Å². The molecule has 0 bridgehead atoms. The molecule has 0 atom stereocenters. The number of amides is 1. The zero-order chi connectivity index (χ0) is 44.0. The molecule has 2 saturated heterocycles. The first-order valence-electron chi connectivity index (χ1n) is 22.1. The number of benzene rings is 5.